The fraction of sp³-hybridized carbons (Fsp3) is 0.481. The molecule has 1 amide bonds. The molecular formula is C27H29N9O3. The maximum absolute atomic E-state index is 13.2. The van der Waals surface area contributed by atoms with E-state index in [1.165, 1.54) is 6.33 Å². The van der Waals surface area contributed by atoms with Crippen LogP contribution in [0.2, 0.25) is 0 Å². The average molecular weight is 528 g/mol. The second-order valence-electron chi connectivity index (χ2n) is 11.2. The minimum absolute atomic E-state index is 0.0749. The van der Waals surface area contributed by atoms with E-state index < -0.39 is 6.10 Å². The predicted molar refractivity (Wildman–Crippen MR) is 139 cm³/mol. The third-order valence-corrected chi connectivity index (χ3v) is 8.87. The number of aliphatic hydroxyl groups is 1. The largest absolute Gasteiger partial charge is 0.491 e. The van der Waals surface area contributed by atoms with Crippen LogP contribution in [0.1, 0.15) is 90.5 Å². The predicted octanol–water partition coefficient (Wildman–Crippen LogP) is 2.74. The number of aromatic amines is 1. The first-order valence-corrected chi connectivity index (χ1v) is 13.7. The summed E-state index contributed by atoms with van der Waals surface area (Å²) in [6, 6.07) is 2.17. The van der Waals surface area contributed by atoms with Gasteiger partial charge < -0.3 is 25.5 Å². The summed E-state index contributed by atoms with van der Waals surface area (Å²) >= 11 is 0. The minimum atomic E-state index is -0.620. The molecule has 8 rings (SSSR count). The van der Waals surface area contributed by atoms with E-state index in [1.54, 1.807) is 16.9 Å². The molecule has 1 aliphatic carbocycles. The quantitative estimate of drug-likeness (QED) is 0.362. The molecule has 4 aromatic heterocycles. The summed E-state index contributed by atoms with van der Waals surface area (Å²) in [5.74, 6) is 2.06. The van der Waals surface area contributed by atoms with Gasteiger partial charge in [-0.3, -0.25) is 9.78 Å². The maximum Gasteiger partial charge on any atom is 0.292 e. The number of amides is 1. The van der Waals surface area contributed by atoms with Gasteiger partial charge in [-0.25, -0.2) is 4.98 Å². The Morgan fingerprint density at radius 1 is 1.08 bits per heavy atom. The van der Waals surface area contributed by atoms with Crippen molar-refractivity contribution in [1.82, 2.24) is 39.7 Å². The van der Waals surface area contributed by atoms with E-state index in [9.17, 15) is 9.90 Å². The summed E-state index contributed by atoms with van der Waals surface area (Å²) in [6.45, 7) is 0.453. The number of nitrogens with one attached hydrogen (secondary N) is 1. The highest BCUT2D eigenvalue weighted by atomic mass is 16.5. The van der Waals surface area contributed by atoms with E-state index in [-0.39, 0.29) is 23.9 Å². The molecule has 2 saturated heterocycles. The van der Waals surface area contributed by atoms with Gasteiger partial charge in [-0.15, -0.1) is 10.2 Å². The van der Waals surface area contributed by atoms with Crippen molar-refractivity contribution >= 4 is 17.4 Å². The topological polar surface area (TPSA) is 160 Å². The number of fused-ring (bicyclic) bond motifs is 4. The Labute approximate surface area is 223 Å². The van der Waals surface area contributed by atoms with Crippen LogP contribution in [0.15, 0.2) is 24.8 Å². The number of pyridine rings is 1. The molecule has 4 aliphatic rings. The molecule has 4 N–H and O–H groups in total. The van der Waals surface area contributed by atoms with Crippen LogP contribution in [-0.4, -0.2) is 69.4 Å². The monoisotopic (exact) mass is 527 g/mol. The van der Waals surface area contributed by atoms with Crippen molar-refractivity contribution < 1.29 is 14.6 Å². The van der Waals surface area contributed by atoms with E-state index >= 15 is 0 Å². The van der Waals surface area contributed by atoms with Crippen molar-refractivity contribution in [3.05, 3.63) is 47.6 Å². The van der Waals surface area contributed by atoms with E-state index in [0.29, 0.717) is 47.7 Å². The van der Waals surface area contributed by atoms with Gasteiger partial charge in [0.15, 0.2) is 5.65 Å². The average Bonchev–Trinajstić information content (AvgIpc) is 3.33. The van der Waals surface area contributed by atoms with Crippen LogP contribution in [0.5, 0.6) is 5.75 Å². The zero-order chi connectivity index (χ0) is 26.2. The van der Waals surface area contributed by atoms with Gasteiger partial charge in [0.05, 0.1) is 18.5 Å². The van der Waals surface area contributed by atoms with Crippen LogP contribution >= 0.6 is 0 Å². The maximum atomic E-state index is 13.2. The van der Waals surface area contributed by atoms with Crippen molar-refractivity contribution in [1.29, 1.82) is 0 Å². The van der Waals surface area contributed by atoms with Crippen LogP contribution in [0.3, 0.4) is 0 Å². The molecule has 2 bridgehead atoms. The van der Waals surface area contributed by atoms with Gasteiger partial charge >= 0.3 is 0 Å². The molecule has 200 valence electrons. The summed E-state index contributed by atoms with van der Waals surface area (Å²) in [6.07, 6.45) is 10.7. The number of carbonyl (C=O) groups excluding carboxylic acids is 1. The lowest BCUT2D eigenvalue weighted by Gasteiger charge is -2.39. The van der Waals surface area contributed by atoms with Crippen molar-refractivity contribution in [2.45, 2.75) is 75.0 Å². The Morgan fingerprint density at radius 2 is 1.90 bits per heavy atom. The number of aliphatic hydroxyl groups excluding tert-OH is 1. The molecule has 3 aliphatic heterocycles. The molecule has 12 nitrogen and oxygen atoms in total. The molecule has 0 spiro atoms. The second kappa shape index (κ2) is 8.47. The Hall–Kier alpha value is -4.06. The van der Waals surface area contributed by atoms with Gasteiger partial charge in [0.25, 0.3) is 5.91 Å². The summed E-state index contributed by atoms with van der Waals surface area (Å²) < 4.78 is 7.54. The van der Waals surface area contributed by atoms with Gasteiger partial charge in [0, 0.05) is 47.3 Å². The van der Waals surface area contributed by atoms with Crippen molar-refractivity contribution in [3.63, 3.8) is 0 Å². The molecule has 12 heteroatoms. The van der Waals surface area contributed by atoms with Crippen LogP contribution in [0.4, 0.5) is 5.82 Å². The van der Waals surface area contributed by atoms with E-state index in [1.807, 2.05) is 11.0 Å². The highest BCUT2D eigenvalue weighted by molar-refractivity contribution is 5.91. The Kier molecular flexibility index (Phi) is 4.97. The number of H-pyrrole nitrogens is 1. The molecular weight excluding hydrogens is 498 g/mol. The number of nitrogen functional groups attached to an aromatic ring is 1. The summed E-state index contributed by atoms with van der Waals surface area (Å²) in [5, 5.41) is 22.7. The lowest BCUT2D eigenvalue weighted by molar-refractivity contribution is 0.0557. The van der Waals surface area contributed by atoms with Crippen LogP contribution in [0, 0.1) is 0 Å². The first-order chi connectivity index (χ1) is 19.1. The highest BCUT2D eigenvalue weighted by Crippen LogP contribution is 2.50. The molecule has 1 saturated carbocycles. The number of anilines is 1. The number of nitrogens with two attached hydrogens (primary N) is 1. The number of hydrogen-bond donors (Lipinski definition) is 3. The number of piperidine rings is 1. The van der Waals surface area contributed by atoms with Gasteiger partial charge in [-0.2, -0.15) is 9.61 Å². The molecule has 7 heterocycles. The minimum Gasteiger partial charge on any atom is -0.491 e. The van der Waals surface area contributed by atoms with Gasteiger partial charge in [-0.1, -0.05) is 0 Å². The fourth-order valence-electron chi connectivity index (χ4n) is 6.90. The Bertz CT molecular complexity index is 1580. The van der Waals surface area contributed by atoms with Crippen LogP contribution in [-0.2, 0) is 0 Å². The van der Waals surface area contributed by atoms with Crippen LogP contribution < -0.4 is 10.5 Å². The second-order valence-corrected chi connectivity index (χ2v) is 11.2. The number of rotatable bonds is 4. The SMILES string of the molecule is Nc1c(C2CC2)c([C@H]2C[C@H]3CC[C@@H](C2)N3C(=O)c2nnc[nH]2)nc2c(-c3cnc4c(c3)OCCC4O)cnn12. The number of nitrogens with zero attached hydrogens (tertiary/aromatic N) is 7. The molecule has 0 radical (unpaired) electrons. The third-order valence-electron chi connectivity index (χ3n) is 8.87. The smallest absolute Gasteiger partial charge is 0.292 e. The fourth-order valence-corrected chi connectivity index (χ4v) is 6.90. The lowest BCUT2D eigenvalue weighted by atomic mass is 9.85. The van der Waals surface area contributed by atoms with Crippen LogP contribution in [0.25, 0.3) is 16.8 Å². The molecule has 0 aromatic carbocycles. The van der Waals surface area contributed by atoms with E-state index in [4.69, 9.17) is 15.5 Å². The van der Waals surface area contributed by atoms with Gasteiger partial charge in [0.2, 0.25) is 5.82 Å². The molecule has 3 fully saturated rings. The number of carbonyl (C=O) groups is 1. The Balaban J connectivity index is 1.19. The van der Waals surface area contributed by atoms with Crippen molar-refractivity contribution in [3.8, 4) is 16.9 Å². The first-order valence-electron chi connectivity index (χ1n) is 13.7. The summed E-state index contributed by atoms with van der Waals surface area (Å²) in [4.78, 5) is 27.8. The van der Waals surface area contributed by atoms with Crippen molar-refractivity contribution in [2.24, 2.45) is 0 Å². The lowest BCUT2D eigenvalue weighted by Crippen LogP contribution is -2.46. The summed E-state index contributed by atoms with van der Waals surface area (Å²) in [5.41, 5.74) is 11.9. The van der Waals surface area contributed by atoms with E-state index in [0.717, 1.165) is 60.9 Å². The highest BCUT2D eigenvalue weighted by Gasteiger charge is 2.46. The third kappa shape index (κ3) is 3.54. The number of aromatic nitrogens is 7. The van der Waals surface area contributed by atoms with Gasteiger partial charge in [-0.05, 0) is 50.5 Å². The number of hydrogen-bond acceptors (Lipinski definition) is 9. The standard InChI is InChI=1S/C27H29N9O3/c28-24-21(13-1-2-13)22(14-7-16-3-4-17(8-14)35(16)27(38)25-30-12-31-34-25)33-26-18(11-32-36(24)26)15-9-20-23(29-10-15)19(37)5-6-39-20/h9-14,16-17,19,37H,1-8,28H2,(H,30,31,34)/t14-,16+,17-,19?. The normalized spacial score (nSPS) is 26.0. The molecule has 1 unspecified atom stereocenters. The zero-order valence-corrected chi connectivity index (χ0v) is 21.3. The molecule has 4 aromatic rings. The van der Waals surface area contributed by atoms with Gasteiger partial charge in [0.1, 0.15) is 29.7 Å². The first kappa shape index (κ1) is 22.9. The zero-order valence-electron chi connectivity index (χ0n) is 21.3. The van der Waals surface area contributed by atoms with E-state index in [2.05, 4.69) is 25.3 Å². The van der Waals surface area contributed by atoms with Crippen molar-refractivity contribution in [2.75, 3.05) is 12.3 Å². The number of ether oxygens (including phenoxy) is 1. The molecule has 4 atom stereocenters. The summed E-state index contributed by atoms with van der Waals surface area (Å²) in [7, 11) is 0. The Morgan fingerprint density at radius 3 is 2.64 bits per heavy atom. The molecule has 39 heavy (non-hydrogen) atoms.